The van der Waals surface area contributed by atoms with Crippen LogP contribution in [0.1, 0.15) is 15.9 Å². The maximum atomic E-state index is 12.4. The SMILES string of the molecule is COc1ccc(-c2nc3cc(NC(=S)NC(=O)c4ccccc4C)ccc3o2)cc1. The van der Waals surface area contributed by atoms with E-state index < -0.39 is 0 Å². The number of thiocarbonyl (C=S) groups is 1. The van der Waals surface area contributed by atoms with Crippen LogP contribution < -0.4 is 15.4 Å². The second-order valence-corrected chi connectivity index (χ2v) is 7.06. The molecule has 0 spiro atoms. The fraction of sp³-hybridized carbons (Fsp3) is 0.0870. The van der Waals surface area contributed by atoms with Crippen molar-refractivity contribution in [2.45, 2.75) is 6.92 Å². The standard InChI is InChI=1S/C23H19N3O3S/c1-14-5-3-4-6-18(14)21(27)26-23(30)24-16-9-12-20-19(13-16)25-22(29-20)15-7-10-17(28-2)11-8-15/h3-13H,1-2H3,(H2,24,26,27,30). The van der Waals surface area contributed by atoms with E-state index in [1.54, 1.807) is 13.2 Å². The zero-order valence-electron chi connectivity index (χ0n) is 16.4. The number of aromatic nitrogens is 1. The van der Waals surface area contributed by atoms with Crippen molar-refractivity contribution in [1.82, 2.24) is 10.3 Å². The zero-order valence-corrected chi connectivity index (χ0v) is 17.2. The number of benzene rings is 3. The molecule has 0 aliphatic heterocycles. The Bertz CT molecular complexity index is 1230. The quantitative estimate of drug-likeness (QED) is 0.458. The van der Waals surface area contributed by atoms with Gasteiger partial charge in [-0.2, -0.15) is 0 Å². The Labute approximate surface area is 178 Å². The van der Waals surface area contributed by atoms with Crippen molar-refractivity contribution in [2.24, 2.45) is 0 Å². The molecule has 2 N–H and O–H groups in total. The summed E-state index contributed by atoms with van der Waals surface area (Å²) < 4.78 is 11.0. The number of anilines is 1. The number of hydrogen-bond acceptors (Lipinski definition) is 5. The molecule has 0 saturated heterocycles. The van der Waals surface area contributed by atoms with E-state index in [1.807, 2.05) is 67.6 Å². The van der Waals surface area contributed by atoms with Gasteiger partial charge in [0, 0.05) is 16.8 Å². The number of fused-ring (bicyclic) bond motifs is 1. The van der Waals surface area contributed by atoms with Crippen LogP contribution in [0.2, 0.25) is 0 Å². The van der Waals surface area contributed by atoms with Crippen LogP contribution in [0.3, 0.4) is 0 Å². The highest BCUT2D eigenvalue weighted by Gasteiger charge is 2.12. The van der Waals surface area contributed by atoms with Crippen molar-refractivity contribution in [3.05, 3.63) is 77.9 Å². The lowest BCUT2D eigenvalue weighted by Crippen LogP contribution is -2.34. The highest BCUT2D eigenvalue weighted by Crippen LogP contribution is 2.27. The Hall–Kier alpha value is -3.71. The Morgan fingerprint density at radius 3 is 2.57 bits per heavy atom. The fourth-order valence-electron chi connectivity index (χ4n) is 3.02. The molecule has 6 nitrogen and oxygen atoms in total. The first-order valence-corrected chi connectivity index (χ1v) is 9.67. The highest BCUT2D eigenvalue weighted by atomic mass is 32.1. The molecule has 0 saturated carbocycles. The summed E-state index contributed by atoms with van der Waals surface area (Å²) >= 11 is 5.28. The van der Waals surface area contributed by atoms with E-state index in [-0.39, 0.29) is 11.0 Å². The van der Waals surface area contributed by atoms with E-state index in [4.69, 9.17) is 21.4 Å². The number of aryl methyl sites for hydroxylation is 1. The maximum Gasteiger partial charge on any atom is 0.257 e. The number of nitrogens with one attached hydrogen (secondary N) is 2. The topological polar surface area (TPSA) is 76.4 Å². The number of rotatable bonds is 4. The molecule has 0 fully saturated rings. The molecular formula is C23H19N3O3S. The van der Waals surface area contributed by atoms with E-state index in [0.717, 1.165) is 16.9 Å². The first-order chi connectivity index (χ1) is 14.5. The molecule has 0 aliphatic carbocycles. The monoisotopic (exact) mass is 417 g/mol. The first-order valence-electron chi connectivity index (χ1n) is 9.26. The number of methoxy groups -OCH3 is 1. The lowest BCUT2D eigenvalue weighted by atomic mass is 10.1. The minimum Gasteiger partial charge on any atom is -0.497 e. The number of carbonyl (C=O) groups is 1. The van der Waals surface area contributed by atoms with Gasteiger partial charge in [-0.15, -0.1) is 0 Å². The molecule has 0 unspecified atom stereocenters. The van der Waals surface area contributed by atoms with Crippen LogP contribution in [0.4, 0.5) is 5.69 Å². The van der Waals surface area contributed by atoms with Crippen LogP contribution in [0, 0.1) is 6.92 Å². The summed E-state index contributed by atoms with van der Waals surface area (Å²) in [5.74, 6) is 1.03. The molecule has 3 aromatic carbocycles. The third-order valence-corrected chi connectivity index (χ3v) is 4.80. The molecule has 1 aromatic heterocycles. The Balaban J connectivity index is 1.48. The van der Waals surface area contributed by atoms with Gasteiger partial charge in [0.25, 0.3) is 5.91 Å². The molecule has 0 radical (unpaired) electrons. The third kappa shape index (κ3) is 4.16. The lowest BCUT2D eigenvalue weighted by molar-refractivity contribution is 0.0977. The summed E-state index contributed by atoms with van der Waals surface area (Å²) in [6.07, 6.45) is 0. The Kier molecular flexibility index (Phi) is 5.45. The van der Waals surface area contributed by atoms with Crippen molar-refractivity contribution in [3.63, 3.8) is 0 Å². The van der Waals surface area contributed by atoms with E-state index in [1.165, 1.54) is 0 Å². The molecule has 0 atom stereocenters. The molecular weight excluding hydrogens is 398 g/mol. The molecule has 0 aliphatic rings. The average Bonchev–Trinajstić information content (AvgIpc) is 3.17. The molecule has 30 heavy (non-hydrogen) atoms. The van der Waals surface area contributed by atoms with Gasteiger partial charge in [0.05, 0.1) is 7.11 Å². The molecule has 150 valence electrons. The van der Waals surface area contributed by atoms with Gasteiger partial charge in [0.1, 0.15) is 11.3 Å². The summed E-state index contributed by atoms with van der Waals surface area (Å²) in [6.45, 7) is 1.88. The van der Waals surface area contributed by atoms with Crippen molar-refractivity contribution in [2.75, 3.05) is 12.4 Å². The van der Waals surface area contributed by atoms with Crippen molar-refractivity contribution >= 4 is 40.0 Å². The fourth-order valence-corrected chi connectivity index (χ4v) is 3.23. The number of ether oxygens (including phenoxy) is 1. The largest absolute Gasteiger partial charge is 0.497 e. The molecule has 4 rings (SSSR count). The predicted molar refractivity (Wildman–Crippen MR) is 121 cm³/mol. The zero-order chi connectivity index (χ0) is 21.1. The summed E-state index contributed by atoms with van der Waals surface area (Å²) in [4.78, 5) is 17.0. The van der Waals surface area contributed by atoms with E-state index >= 15 is 0 Å². The van der Waals surface area contributed by atoms with Gasteiger partial charge in [-0.1, -0.05) is 18.2 Å². The number of hydrogen-bond donors (Lipinski definition) is 2. The van der Waals surface area contributed by atoms with E-state index in [0.29, 0.717) is 28.2 Å². The molecule has 4 aromatic rings. The van der Waals surface area contributed by atoms with Gasteiger partial charge < -0.3 is 14.5 Å². The summed E-state index contributed by atoms with van der Waals surface area (Å²) in [6, 6.07) is 20.3. The smallest absolute Gasteiger partial charge is 0.257 e. The second-order valence-electron chi connectivity index (χ2n) is 6.65. The van der Waals surface area contributed by atoms with Crippen molar-refractivity contribution in [3.8, 4) is 17.2 Å². The third-order valence-electron chi connectivity index (χ3n) is 4.60. The number of amides is 1. The first kappa shape index (κ1) is 19.6. The second kappa shape index (κ2) is 8.34. The summed E-state index contributed by atoms with van der Waals surface area (Å²) in [7, 11) is 1.62. The van der Waals surface area contributed by atoms with Gasteiger partial charge in [-0.05, 0) is 73.2 Å². The Morgan fingerprint density at radius 2 is 1.83 bits per heavy atom. The molecule has 1 amide bonds. The highest BCUT2D eigenvalue weighted by molar-refractivity contribution is 7.80. The van der Waals surface area contributed by atoms with E-state index in [9.17, 15) is 4.79 Å². The number of carbonyl (C=O) groups excluding carboxylic acids is 1. The van der Waals surface area contributed by atoms with Crippen LogP contribution in [-0.4, -0.2) is 23.1 Å². The van der Waals surface area contributed by atoms with Gasteiger partial charge in [0.15, 0.2) is 10.7 Å². The van der Waals surface area contributed by atoms with Gasteiger partial charge >= 0.3 is 0 Å². The summed E-state index contributed by atoms with van der Waals surface area (Å²) in [5.41, 5.74) is 4.35. The van der Waals surface area contributed by atoms with Crippen LogP contribution in [0.25, 0.3) is 22.6 Å². The summed E-state index contributed by atoms with van der Waals surface area (Å²) in [5, 5.41) is 5.93. The van der Waals surface area contributed by atoms with Crippen LogP contribution in [0.15, 0.2) is 71.1 Å². The van der Waals surface area contributed by atoms with Crippen molar-refractivity contribution < 1.29 is 13.9 Å². The number of oxazole rings is 1. The van der Waals surface area contributed by atoms with Gasteiger partial charge in [-0.3, -0.25) is 10.1 Å². The van der Waals surface area contributed by atoms with Gasteiger partial charge in [0.2, 0.25) is 5.89 Å². The number of nitrogens with zero attached hydrogens (tertiary/aromatic N) is 1. The van der Waals surface area contributed by atoms with Crippen LogP contribution in [0.5, 0.6) is 5.75 Å². The van der Waals surface area contributed by atoms with Crippen molar-refractivity contribution in [1.29, 1.82) is 0 Å². The van der Waals surface area contributed by atoms with E-state index in [2.05, 4.69) is 15.6 Å². The molecule has 0 bridgehead atoms. The van der Waals surface area contributed by atoms with Crippen LogP contribution in [-0.2, 0) is 0 Å². The molecule has 7 heteroatoms. The minimum absolute atomic E-state index is 0.210. The molecule has 1 heterocycles. The minimum atomic E-state index is -0.255. The Morgan fingerprint density at radius 1 is 1.07 bits per heavy atom. The lowest BCUT2D eigenvalue weighted by Gasteiger charge is -2.10. The van der Waals surface area contributed by atoms with Gasteiger partial charge in [-0.25, -0.2) is 4.98 Å². The average molecular weight is 417 g/mol. The van der Waals surface area contributed by atoms with Crippen LogP contribution >= 0.6 is 12.2 Å². The normalized spacial score (nSPS) is 10.6. The maximum absolute atomic E-state index is 12.4. The predicted octanol–water partition coefficient (Wildman–Crippen LogP) is 4.94.